The fourth-order valence-corrected chi connectivity index (χ4v) is 3.21. The van der Waals surface area contributed by atoms with Gasteiger partial charge in [0.15, 0.2) is 11.6 Å². The van der Waals surface area contributed by atoms with Crippen molar-refractivity contribution in [1.82, 2.24) is 9.88 Å². The van der Waals surface area contributed by atoms with Gasteiger partial charge in [-0.25, -0.2) is 18.6 Å². The maximum absolute atomic E-state index is 13.3. The molecule has 0 atom stereocenters. The molecule has 0 aliphatic carbocycles. The molecule has 1 aliphatic heterocycles. The van der Waals surface area contributed by atoms with Crippen molar-refractivity contribution in [2.24, 2.45) is 0 Å². The van der Waals surface area contributed by atoms with Crippen molar-refractivity contribution in [2.45, 2.75) is 6.54 Å². The Labute approximate surface area is 171 Å². The van der Waals surface area contributed by atoms with E-state index in [0.717, 1.165) is 17.7 Å². The van der Waals surface area contributed by atoms with Crippen LogP contribution in [0.5, 0.6) is 0 Å². The zero-order valence-electron chi connectivity index (χ0n) is 15.9. The summed E-state index contributed by atoms with van der Waals surface area (Å²) in [4.78, 5) is 32.5. The van der Waals surface area contributed by atoms with E-state index in [4.69, 9.17) is 0 Å². The van der Waals surface area contributed by atoms with Gasteiger partial charge in [0.05, 0.1) is 11.9 Å². The quantitative estimate of drug-likeness (QED) is 0.693. The largest absolute Gasteiger partial charge is 0.326 e. The highest BCUT2D eigenvalue weighted by atomic mass is 19.2. The molecule has 0 saturated carbocycles. The summed E-state index contributed by atoms with van der Waals surface area (Å²) in [5.74, 6) is -2.23. The van der Waals surface area contributed by atoms with E-state index in [-0.39, 0.29) is 11.6 Å². The van der Waals surface area contributed by atoms with E-state index in [1.807, 2.05) is 30.3 Å². The molecule has 1 aromatic heterocycles. The average Bonchev–Trinajstić information content (AvgIpc) is 3.11. The third-order valence-corrected chi connectivity index (χ3v) is 4.78. The standard InChI is InChI=1S/C22H18F2N4O2/c23-18-8-6-16(12-19(18)24)21(29)26-17-7-9-20(25-13-17)28-11-10-27(22(28)30)14-15-4-2-1-3-5-15/h1-9,12-13H,10-11,14H2,(H,26,29). The molecule has 0 spiro atoms. The van der Waals surface area contributed by atoms with Crippen molar-refractivity contribution in [3.63, 3.8) is 0 Å². The third kappa shape index (κ3) is 4.12. The van der Waals surface area contributed by atoms with Crippen LogP contribution < -0.4 is 10.2 Å². The lowest BCUT2D eigenvalue weighted by atomic mass is 10.2. The molecule has 1 fully saturated rings. The van der Waals surface area contributed by atoms with Gasteiger partial charge in [0.2, 0.25) is 0 Å². The number of nitrogens with one attached hydrogen (secondary N) is 1. The minimum absolute atomic E-state index is 0.00995. The first-order valence-corrected chi connectivity index (χ1v) is 9.34. The Hall–Kier alpha value is -3.81. The maximum Gasteiger partial charge on any atom is 0.326 e. The highest BCUT2D eigenvalue weighted by Gasteiger charge is 2.30. The second-order valence-corrected chi connectivity index (χ2v) is 6.83. The van der Waals surface area contributed by atoms with Gasteiger partial charge in [-0.05, 0) is 35.9 Å². The molecule has 1 saturated heterocycles. The molecule has 152 valence electrons. The molecule has 1 aliphatic rings. The molecular weight excluding hydrogens is 390 g/mol. The predicted octanol–water partition coefficient (Wildman–Crippen LogP) is 4.05. The molecule has 3 amide bonds. The second kappa shape index (κ2) is 8.28. The number of carbonyl (C=O) groups excluding carboxylic acids is 2. The summed E-state index contributed by atoms with van der Waals surface area (Å²) < 4.78 is 26.3. The monoisotopic (exact) mass is 408 g/mol. The molecular formula is C22H18F2N4O2. The SMILES string of the molecule is O=C(Nc1ccc(N2CCN(Cc3ccccc3)C2=O)nc1)c1ccc(F)c(F)c1. The van der Waals surface area contributed by atoms with Crippen molar-refractivity contribution in [2.75, 3.05) is 23.3 Å². The van der Waals surface area contributed by atoms with E-state index >= 15 is 0 Å². The van der Waals surface area contributed by atoms with E-state index in [9.17, 15) is 18.4 Å². The van der Waals surface area contributed by atoms with E-state index in [1.165, 1.54) is 12.3 Å². The summed E-state index contributed by atoms with van der Waals surface area (Å²) in [6, 6.07) is 15.8. The molecule has 30 heavy (non-hydrogen) atoms. The van der Waals surface area contributed by atoms with Crippen LogP contribution in [0.15, 0.2) is 66.9 Å². The smallest absolute Gasteiger partial charge is 0.321 e. The van der Waals surface area contributed by atoms with Crippen LogP contribution in [0.25, 0.3) is 0 Å². The summed E-state index contributed by atoms with van der Waals surface area (Å²) in [6.45, 7) is 1.63. The lowest BCUT2D eigenvalue weighted by Gasteiger charge is -2.18. The minimum Gasteiger partial charge on any atom is -0.321 e. The van der Waals surface area contributed by atoms with Crippen LogP contribution in [-0.4, -0.2) is 34.9 Å². The Balaban J connectivity index is 1.40. The van der Waals surface area contributed by atoms with E-state index in [2.05, 4.69) is 10.3 Å². The summed E-state index contributed by atoms with van der Waals surface area (Å²) in [5, 5.41) is 2.57. The first kappa shape index (κ1) is 19.5. The number of urea groups is 1. The second-order valence-electron chi connectivity index (χ2n) is 6.83. The number of pyridine rings is 1. The van der Waals surface area contributed by atoms with Gasteiger partial charge in [-0.15, -0.1) is 0 Å². The number of aromatic nitrogens is 1. The topological polar surface area (TPSA) is 65.5 Å². The molecule has 3 aromatic rings. The molecule has 2 heterocycles. The van der Waals surface area contributed by atoms with Gasteiger partial charge < -0.3 is 10.2 Å². The molecule has 2 aromatic carbocycles. The zero-order chi connectivity index (χ0) is 21.1. The van der Waals surface area contributed by atoms with Gasteiger partial charge in [0, 0.05) is 25.2 Å². The van der Waals surface area contributed by atoms with E-state index in [1.54, 1.807) is 21.9 Å². The number of hydrogen-bond acceptors (Lipinski definition) is 3. The Kier molecular flexibility index (Phi) is 5.38. The molecule has 0 bridgehead atoms. The molecule has 0 radical (unpaired) electrons. The summed E-state index contributed by atoms with van der Waals surface area (Å²) in [7, 11) is 0. The average molecular weight is 408 g/mol. The van der Waals surface area contributed by atoms with Crippen molar-refractivity contribution in [1.29, 1.82) is 0 Å². The Bertz CT molecular complexity index is 1070. The summed E-state index contributed by atoms with van der Waals surface area (Å²) in [5.41, 5.74) is 1.42. The van der Waals surface area contributed by atoms with E-state index < -0.39 is 17.5 Å². The van der Waals surface area contributed by atoms with Crippen LogP contribution in [0, 0.1) is 11.6 Å². The first-order valence-electron chi connectivity index (χ1n) is 9.34. The first-order chi connectivity index (χ1) is 14.5. The van der Waals surface area contributed by atoms with Crippen molar-refractivity contribution < 1.29 is 18.4 Å². The molecule has 1 N–H and O–H groups in total. The van der Waals surface area contributed by atoms with Gasteiger partial charge >= 0.3 is 6.03 Å². The number of benzene rings is 2. The van der Waals surface area contributed by atoms with Crippen molar-refractivity contribution >= 4 is 23.4 Å². The molecule has 4 rings (SSSR count). The normalized spacial score (nSPS) is 13.6. The predicted molar refractivity (Wildman–Crippen MR) is 108 cm³/mol. The van der Waals surface area contributed by atoms with Gasteiger partial charge in [-0.3, -0.25) is 9.69 Å². The van der Waals surface area contributed by atoms with Crippen molar-refractivity contribution in [3.05, 3.63) is 89.6 Å². The number of carbonyl (C=O) groups is 2. The van der Waals surface area contributed by atoms with Gasteiger partial charge in [-0.2, -0.15) is 0 Å². The van der Waals surface area contributed by atoms with E-state index in [0.29, 0.717) is 31.1 Å². The van der Waals surface area contributed by atoms with Crippen LogP contribution in [0.1, 0.15) is 15.9 Å². The Morgan fingerprint density at radius 1 is 1.00 bits per heavy atom. The Morgan fingerprint density at radius 2 is 1.80 bits per heavy atom. The van der Waals surface area contributed by atoms with Crippen LogP contribution in [-0.2, 0) is 6.54 Å². The highest BCUT2D eigenvalue weighted by molar-refractivity contribution is 6.04. The van der Waals surface area contributed by atoms with Crippen LogP contribution >= 0.6 is 0 Å². The number of anilines is 2. The van der Waals surface area contributed by atoms with Crippen LogP contribution in [0.3, 0.4) is 0 Å². The van der Waals surface area contributed by atoms with Crippen LogP contribution in [0.4, 0.5) is 25.1 Å². The number of nitrogens with zero attached hydrogens (tertiary/aromatic N) is 3. The molecule has 0 unspecified atom stereocenters. The van der Waals surface area contributed by atoms with Gasteiger partial charge in [0.1, 0.15) is 5.82 Å². The van der Waals surface area contributed by atoms with Gasteiger partial charge in [-0.1, -0.05) is 30.3 Å². The number of halogens is 2. The molecule has 6 nitrogen and oxygen atoms in total. The number of hydrogen-bond donors (Lipinski definition) is 1. The highest BCUT2D eigenvalue weighted by Crippen LogP contribution is 2.21. The van der Waals surface area contributed by atoms with Crippen LogP contribution in [0.2, 0.25) is 0 Å². The summed E-state index contributed by atoms with van der Waals surface area (Å²) in [6.07, 6.45) is 1.42. The summed E-state index contributed by atoms with van der Waals surface area (Å²) >= 11 is 0. The number of rotatable bonds is 5. The maximum atomic E-state index is 13.3. The minimum atomic E-state index is -1.09. The van der Waals surface area contributed by atoms with Gasteiger partial charge in [0.25, 0.3) is 5.91 Å². The fourth-order valence-electron chi connectivity index (χ4n) is 3.21. The number of amides is 3. The molecule has 8 heteroatoms. The lowest BCUT2D eigenvalue weighted by molar-refractivity contribution is 0.102. The third-order valence-electron chi connectivity index (χ3n) is 4.78. The van der Waals surface area contributed by atoms with Crippen molar-refractivity contribution in [3.8, 4) is 0 Å². The lowest BCUT2D eigenvalue weighted by Crippen LogP contribution is -2.31. The fraction of sp³-hybridized carbons (Fsp3) is 0.136. The zero-order valence-corrected chi connectivity index (χ0v) is 15.9. The Morgan fingerprint density at radius 3 is 2.50 bits per heavy atom.